The summed E-state index contributed by atoms with van der Waals surface area (Å²) in [5, 5.41) is 14.9. The summed E-state index contributed by atoms with van der Waals surface area (Å²) in [6, 6.07) is 20.2. The van der Waals surface area contributed by atoms with E-state index in [9.17, 15) is 14.4 Å². The number of benzene rings is 2. The van der Waals surface area contributed by atoms with Crippen molar-refractivity contribution in [2.24, 2.45) is 0 Å². The van der Waals surface area contributed by atoms with Crippen LogP contribution in [0.4, 0.5) is 17.1 Å². The number of amides is 3. The lowest BCUT2D eigenvalue weighted by molar-refractivity contribution is -0.111. The minimum atomic E-state index is -0.364. The van der Waals surface area contributed by atoms with Crippen molar-refractivity contribution in [3.05, 3.63) is 103 Å². The Kier molecular flexibility index (Phi) is 6.55. The van der Waals surface area contributed by atoms with Crippen molar-refractivity contribution in [1.82, 2.24) is 15.2 Å². The fourth-order valence-corrected chi connectivity index (χ4v) is 3.08. The van der Waals surface area contributed by atoms with Crippen LogP contribution in [0, 0.1) is 0 Å². The lowest BCUT2D eigenvalue weighted by Crippen LogP contribution is -2.15. The van der Waals surface area contributed by atoms with Crippen LogP contribution in [0.15, 0.2) is 91.6 Å². The van der Waals surface area contributed by atoms with E-state index in [1.54, 1.807) is 79.0 Å². The molecule has 34 heavy (non-hydrogen) atoms. The first-order valence-corrected chi connectivity index (χ1v) is 10.2. The quantitative estimate of drug-likeness (QED) is 0.314. The summed E-state index contributed by atoms with van der Waals surface area (Å²) < 4.78 is 0. The van der Waals surface area contributed by atoms with Gasteiger partial charge in [-0.15, -0.1) is 0 Å². The minimum Gasteiger partial charge on any atom is -0.323 e. The topological polar surface area (TPSA) is 129 Å². The van der Waals surface area contributed by atoms with Crippen LogP contribution in [0.25, 0.3) is 11.4 Å². The first-order valence-electron chi connectivity index (χ1n) is 10.2. The van der Waals surface area contributed by atoms with E-state index in [-0.39, 0.29) is 23.4 Å². The molecule has 4 rings (SSSR count). The molecule has 0 aliphatic rings. The average molecular weight is 452 g/mol. The number of pyridine rings is 1. The summed E-state index contributed by atoms with van der Waals surface area (Å²) in [6.07, 6.45) is 2.76. The third-order valence-electron chi connectivity index (χ3n) is 4.74. The van der Waals surface area contributed by atoms with Gasteiger partial charge < -0.3 is 16.0 Å². The van der Waals surface area contributed by atoms with Crippen LogP contribution in [-0.2, 0) is 4.79 Å². The van der Waals surface area contributed by atoms with Crippen LogP contribution in [-0.4, -0.2) is 32.9 Å². The number of anilines is 3. The van der Waals surface area contributed by atoms with E-state index < -0.39 is 0 Å². The predicted octanol–water partition coefficient (Wildman–Crippen LogP) is 4.10. The highest BCUT2D eigenvalue weighted by Gasteiger charge is 2.11. The van der Waals surface area contributed by atoms with Gasteiger partial charge in [-0.05, 0) is 66.7 Å². The summed E-state index contributed by atoms with van der Waals surface area (Å²) in [5.74, 6) is -1.07. The number of carbonyl (C=O) groups excluding carboxylic acids is 3. The fraction of sp³-hybridized carbons (Fsp3) is 0. The molecule has 0 saturated heterocycles. The van der Waals surface area contributed by atoms with Crippen molar-refractivity contribution >= 4 is 34.8 Å². The molecule has 9 nitrogen and oxygen atoms in total. The standard InChI is InChI=1S/C25H20N6O3/c1-2-23(32)27-19-6-3-5-16(15-19)24(33)28-17-9-11-18(12-10-17)29-25(34)22-8-4-7-20(30-22)21-13-14-26-31-21/h2-15H,1H2,(H,26,31)(H,27,32)(H,28,33)(H,29,34). The predicted molar refractivity (Wildman–Crippen MR) is 129 cm³/mol. The van der Waals surface area contributed by atoms with E-state index in [4.69, 9.17) is 0 Å². The first-order chi connectivity index (χ1) is 16.5. The number of rotatable bonds is 7. The van der Waals surface area contributed by atoms with Gasteiger partial charge in [0.05, 0.1) is 11.4 Å². The van der Waals surface area contributed by atoms with Gasteiger partial charge in [-0.1, -0.05) is 18.7 Å². The Morgan fingerprint density at radius 1 is 0.794 bits per heavy atom. The number of hydrogen-bond acceptors (Lipinski definition) is 5. The molecule has 3 amide bonds. The third-order valence-corrected chi connectivity index (χ3v) is 4.74. The molecule has 2 heterocycles. The molecule has 2 aromatic carbocycles. The molecule has 0 aliphatic heterocycles. The summed E-state index contributed by atoms with van der Waals surface area (Å²) >= 11 is 0. The maximum atomic E-state index is 12.6. The number of nitrogens with zero attached hydrogens (tertiary/aromatic N) is 2. The second-order valence-corrected chi connectivity index (χ2v) is 7.14. The van der Waals surface area contributed by atoms with Crippen LogP contribution in [0.2, 0.25) is 0 Å². The van der Waals surface area contributed by atoms with Crippen molar-refractivity contribution in [1.29, 1.82) is 0 Å². The van der Waals surface area contributed by atoms with Crippen LogP contribution in [0.5, 0.6) is 0 Å². The van der Waals surface area contributed by atoms with E-state index >= 15 is 0 Å². The second-order valence-electron chi connectivity index (χ2n) is 7.14. The number of aromatic amines is 1. The van der Waals surface area contributed by atoms with Crippen LogP contribution < -0.4 is 16.0 Å². The Labute approximate surface area is 194 Å². The van der Waals surface area contributed by atoms with Gasteiger partial charge in [-0.3, -0.25) is 19.5 Å². The van der Waals surface area contributed by atoms with E-state index in [2.05, 4.69) is 37.7 Å². The lowest BCUT2D eigenvalue weighted by atomic mass is 10.1. The summed E-state index contributed by atoms with van der Waals surface area (Å²) in [5.41, 5.74) is 3.53. The van der Waals surface area contributed by atoms with E-state index in [1.165, 1.54) is 0 Å². The molecule has 4 N–H and O–H groups in total. The number of H-pyrrole nitrogens is 1. The number of aromatic nitrogens is 3. The maximum absolute atomic E-state index is 12.6. The van der Waals surface area contributed by atoms with Crippen LogP contribution >= 0.6 is 0 Å². The Hall–Kier alpha value is -5.05. The highest BCUT2D eigenvalue weighted by molar-refractivity contribution is 6.06. The Morgan fingerprint density at radius 2 is 1.50 bits per heavy atom. The van der Waals surface area contributed by atoms with Crippen LogP contribution in [0.1, 0.15) is 20.8 Å². The molecule has 0 spiro atoms. The van der Waals surface area contributed by atoms with Crippen LogP contribution in [0.3, 0.4) is 0 Å². The van der Waals surface area contributed by atoms with Crippen molar-refractivity contribution in [2.45, 2.75) is 0 Å². The van der Waals surface area contributed by atoms with Crippen molar-refractivity contribution in [2.75, 3.05) is 16.0 Å². The number of nitrogens with one attached hydrogen (secondary N) is 4. The molecule has 0 saturated carbocycles. The van der Waals surface area contributed by atoms with Crippen molar-refractivity contribution < 1.29 is 14.4 Å². The minimum absolute atomic E-state index is 0.257. The average Bonchev–Trinajstić information content (AvgIpc) is 3.40. The number of hydrogen-bond donors (Lipinski definition) is 4. The highest BCUT2D eigenvalue weighted by Crippen LogP contribution is 2.18. The van der Waals surface area contributed by atoms with Gasteiger partial charge in [-0.2, -0.15) is 5.10 Å². The van der Waals surface area contributed by atoms with E-state index in [0.29, 0.717) is 34.0 Å². The fourth-order valence-electron chi connectivity index (χ4n) is 3.08. The molecule has 9 heteroatoms. The van der Waals surface area contributed by atoms with Crippen molar-refractivity contribution in [3.63, 3.8) is 0 Å². The summed E-state index contributed by atoms with van der Waals surface area (Å²) in [6.45, 7) is 3.40. The zero-order valence-electron chi connectivity index (χ0n) is 17.9. The largest absolute Gasteiger partial charge is 0.323 e. The highest BCUT2D eigenvalue weighted by atomic mass is 16.2. The Bertz CT molecular complexity index is 1350. The monoisotopic (exact) mass is 452 g/mol. The van der Waals surface area contributed by atoms with Gasteiger partial charge in [0.1, 0.15) is 5.69 Å². The molecule has 0 atom stereocenters. The molecule has 0 aliphatic carbocycles. The maximum Gasteiger partial charge on any atom is 0.274 e. The third kappa shape index (κ3) is 5.40. The molecule has 0 radical (unpaired) electrons. The summed E-state index contributed by atoms with van der Waals surface area (Å²) in [4.78, 5) is 41.0. The molecular weight excluding hydrogens is 432 g/mol. The molecule has 0 bridgehead atoms. The van der Waals surface area contributed by atoms with E-state index in [1.807, 2.05) is 0 Å². The van der Waals surface area contributed by atoms with Crippen molar-refractivity contribution in [3.8, 4) is 11.4 Å². The second kappa shape index (κ2) is 10.0. The van der Waals surface area contributed by atoms with Gasteiger partial charge in [0, 0.05) is 28.8 Å². The summed E-state index contributed by atoms with van der Waals surface area (Å²) in [7, 11) is 0. The van der Waals surface area contributed by atoms with E-state index in [0.717, 1.165) is 6.08 Å². The normalized spacial score (nSPS) is 10.2. The first kappa shape index (κ1) is 22.2. The smallest absolute Gasteiger partial charge is 0.274 e. The molecule has 168 valence electrons. The lowest BCUT2D eigenvalue weighted by Gasteiger charge is -2.09. The van der Waals surface area contributed by atoms with Gasteiger partial charge in [0.25, 0.3) is 11.8 Å². The van der Waals surface area contributed by atoms with Gasteiger partial charge in [-0.25, -0.2) is 4.98 Å². The Balaban J connectivity index is 1.39. The zero-order chi connectivity index (χ0) is 23.9. The molecule has 4 aromatic rings. The molecule has 0 fully saturated rings. The van der Waals surface area contributed by atoms with Gasteiger partial charge in [0.2, 0.25) is 5.91 Å². The van der Waals surface area contributed by atoms with Gasteiger partial charge in [0.15, 0.2) is 0 Å². The number of carbonyl (C=O) groups is 3. The molecule has 2 aromatic heterocycles. The SMILES string of the molecule is C=CC(=O)Nc1cccc(C(=O)Nc2ccc(NC(=O)c3cccc(-c4ccn[nH]4)n3)cc2)c1. The Morgan fingerprint density at radius 3 is 2.18 bits per heavy atom. The molecule has 0 unspecified atom stereocenters. The molecular formula is C25H20N6O3. The zero-order valence-corrected chi connectivity index (χ0v) is 17.9. The van der Waals surface area contributed by atoms with Gasteiger partial charge >= 0.3 is 0 Å².